The van der Waals surface area contributed by atoms with E-state index in [1.807, 2.05) is 6.92 Å². The molecule has 1 aromatic carbocycles. The summed E-state index contributed by atoms with van der Waals surface area (Å²) >= 11 is 0. The Bertz CT molecular complexity index is 387. The lowest BCUT2D eigenvalue weighted by Gasteiger charge is -2.15. The van der Waals surface area contributed by atoms with E-state index in [1.165, 1.54) is 12.1 Å². The highest BCUT2D eigenvalue weighted by atomic mass is 19.1. The van der Waals surface area contributed by atoms with Crippen molar-refractivity contribution in [2.75, 3.05) is 0 Å². The van der Waals surface area contributed by atoms with Crippen molar-refractivity contribution in [2.24, 2.45) is 5.73 Å². The molecule has 0 unspecified atom stereocenters. The third-order valence-corrected chi connectivity index (χ3v) is 2.26. The van der Waals surface area contributed by atoms with E-state index in [-0.39, 0.29) is 11.6 Å². The highest BCUT2D eigenvalue weighted by Gasteiger charge is 2.14. The molecule has 0 saturated heterocycles. The minimum Gasteiger partial charge on any atom is -0.507 e. The molecule has 3 N–H and O–H groups in total. The Balaban J connectivity index is 3.07. The van der Waals surface area contributed by atoms with Crippen LogP contribution < -0.4 is 5.73 Å². The van der Waals surface area contributed by atoms with Crippen molar-refractivity contribution in [3.63, 3.8) is 0 Å². The quantitative estimate of drug-likeness (QED) is 0.752. The van der Waals surface area contributed by atoms with Crippen LogP contribution in [-0.4, -0.2) is 5.11 Å². The van der Waals surface area contributed by atoms with Crippen molar-refractivity contribution < 1.29 is 9.50 Å². The number of phenols is 1. The van der Waals surface area contributed by atoms with Gasteiger partial charge in [0.05, 0.1) is 0 Å². The first-order valence-corrected chi connectivity index (χ1v) is 4.80. The van der Waals surface area contributed by atoms with Crippen LogP contribution in [0.15, 0.2) is 24.3 Å². The Labute approximate surface area is 89.2 Å². The highest BCUT2D eigenvalue weighted by molar-refractivity contribution is 5.42. The second-order valence-corrected chi connectivity index (χ2v) is 3.93. The normalized spacial score (nSPS) is 12.5. The van der Waals surface area contributed by atoms with Gasteiger partial charge in [0.25, 0.3) is 0 Å². The summed E-state index contributed by atoms with van der Waals surface area (Å²) in [5.74, 6) is -0.303. The fourth-order valence-electron chi connectivity index (χ4n) is 1.53. The van der Waals surface area contributed by atoms with Gasteiger partial charge < -0.3 is 10.8 Å². The van der Waals surface area contributed by atoms with E-state index in [0.717, 1.165) is 5.57 Å². The Morgan fingerprint density at radius 1 is 1.60 bits per heavy atom. The number of benzene rings is 1. The van der Waals surface area contributed by atoms with Gasteiger partial charge in [0, 0.05) is 11.6 Å². The summed E-state index contributed by atoms with van der Waals surface area (Å²) in [6, 6.07) is 2.15. The molecule has 0 heterocycles. The largest absolute Gasteiger partial charge is 0.507 e. The monoisotopic (exact) mass is 209 g/mol. The minimum absolute atomic E-state index is 0.0742. The van der Waals surface area contributed by atoms with Crippen molar-refractivity contribution in [1.82, 2.24) is 0 Å². The minimum atomic E-state index is -0.406. The van der Waals surface area contributed by atoms with E-state index in [4.69, 9.17) is 5.73 Å². The summed E-state index contributed by atoms with van der Waals surface area (Å²) in [7, 11) is 0. The zero-order chi connectivity index (χ0) is 11.6. The van der Waals surface area contributed by atoms with E-state index in [2.05, 4.69) is 6.58 Å². The topological polar surface area (TPSA) is 46.2 Å². The van der Waals surface area contributed by atoms with Crippen LogP contribution in [0.4, 0.5) is 4.39 Å². The fourth-order valence-corrected chi connectivity index (χ4v) is 1.53. The number of aryl methyl sites for hydroxylation is 1. The predicted molar refractivity (Wildman–Crippen MR) is 59.2 cm³/mol. The first kappa shape index (κ1) is 11.7. The van der Waals surface area contributed by atoms with Gasteiger partial charge in [-0.2, -0.15) is 0 Å². The van der Waals surface area contributed by atoms with E-state index < -0.39 is 6.04 Å². The first-order chi connectivity index (χ1) is 6.91. The molecule has 1 rings (SSSR count). The standard InChI is InChI=1S/C12H16FNO/c1-7(2)4-11(14)10-6-9(13)5-8(3)12(10)15/h5-6,11,15H,1,4,14H2,2-3H3/t11-/m0/s1. The maximum Gasteiger partial charge on any atom is 0.124 e. The first-order valence-electron chi connectivity index (χ1n) is 4.80. The summed E-state index contributed by atoms with van der Waals surface area (Å²) in [5, 5.41) is 9.73. The number of nitrogens with two attached hydrogens (primary N) is 1. The number of hydrogen-bond acceptors (Lipinski definition) is 2. The van der Waals surface area contributed by atoms with Crippen LogP contribution in [-0.2, 0) is 0 Å². The van der Waals surface area contributed by atoms with Crippen molar-refractivity contribution >= 4 is 0 Å². The molecular formula is C12H16FNO. The van der Waals surface area contributed by atoms with Gasteiger partial charge in [-0.3, -0.25) is 0 Å². The van der Waals surface area contributed by atoms with E-state index >= 15 is 0 Å². The van der Waals surface area contributed by atoms with Gasteiger partial charge in [-0.05, 0) is 38.0 Å². The third-order valence-electron chi connectivity index (χ3n) is 2.26. The molecular weight excluding hydrogens is 193 g/mol. The van der Waals surface area contributed by atoms with Crippen LogP contribution in [0.25, 0.3) is 0 Å². The van der Waals surface area contributed by atoms with Crippen molar-refractivity contribution in [3.8, 4) is 5.75 Å². The molecule has 82 valence electrons. The van der Waals surface area contributed by atoms with Gasteiger partial charge in [0.2, 0.25) is 0 Å². The number of aromatic hydroxyl groups is 1. The maximum atomic E-state index is 13.1. The Morgan fingerprint density at radius 3 is 2.73 bits per heavy atom. The summed E-state index contributed by atoms with van der Waals surface area (Å²) in [4.78, 5) is 0. The molecule has 0 aliphatic heterocycles. The maximum absolute atomic E-state index is 13.1. The van der Waals surface area contributed by atoms with Crippen molar-refractivity contribution in [3.05, 3.63) is 41.2 Å². The summed E-state index contributed by atoms with van der Waals surface area (Å²) < 4.78 is 13.1. The molecule has 0 saturated carbocycles. The van der Waals surface area contributed by atoms with Gasteiger partial charge in [-0.1, -0.05) is 5.57 Å². The van der Waals surface area contributed by atoms with Gasteiger partial charge in [0.1, 0.15) is 11.6 Å². The Kier molecular flexibility index (Phi) is 3.48. The molecule has 1 aromatic rings. The van der Waals surface area contributed by atoms with Gasteiger partial charge in [-0.15, -0.1) is 6.58 Å². The number of phenolic OH excluding ortho intramolecular Hbond substituents is 1. The predicted octanol–water partition coefficient (Wildman–Crippen LogP) is 2.81. The summed E-state index contributed by atoms with van der Waals surface area (Å²) in [5.41, 5.74) is 7.70. The lowest BCUT2D eigenvalue weighted by atomic mass is 9.98. The van der Waals surface area contributed by atoms with Gasteiger partial charge in [-0.25, -0.2) is 4.39 Å². The number of halogens is 1. The smallest absolute Gasteiger partial charge is 0.124 e. The van der Waals surface area contributed by atoms with Crippen LogP contribution in [0.2, 0.25) is 0 Å². The molecule has 15 heavy (non-hydrogen) atoms. The molecule has 0 aromatic heterocycles. The van der Waals surface area contributed by atoms with Crippen LogP contribution in [0, 0.1) is 12.7 Å². The molecule has 0 radical (unpaired) electrons. The molecule has 0 aliphatic carbocycles. The lowest BCUT2D eigenvalue weighted by Crippen LogP contribution is -2.11. The number of rotatable bonds is 3. The molecule has 0 amide bonds. The average molecular weight is 209 g/mol. The van der Waals surface area contributed by atoms with Gasteiger partial charge >= 0.3 is 0 Å². The fraction of sp³-hybridized carbons (Fsp3) is 0.333. The van der Waals surface area contributed by atoms with Crippen molar-refractivity contribution in [1.29, 1.82) is 0 Å². The van der Waals surface area contributed by atoms with Crippen LogP contribution in [0.3, 0.4) is 0 Å². The summed E-state index contributed by atoms with van der Waals surface area (Å²) in [6.07, 6.45) is 0.538. The lowest BCUT2D eigenvalue weighted by molar-refractivity contribution is 0.453. The number of hydrogen-bond donors (Lipinski definition) is 2. The second kappa shape index (κ2) is 4.45. The Hall–Kier alpha value is -1.35. The van der Waals surface area contributed by atoms with Crippen LogP contribution in [0.1, 0.15) is 30.5 Å². The van der Waals surface area contributed by atoms with Crippen molar-refractivity contribution in [2.45, 2.75) is 26.3 Å². The highest BCUT2D eigenvalue weighted by Crippen LogP contribution is 2.30. The molecule has 0 spiro atoms. The summed E-state index contributed by atoms with van der Waals surface area (Å²) in [6.45, 7) is 7.24. The zero-order valence-electron chi connectivity index (χ0n) is 9.05. The van der Waals surface area contributed by atoms with E-state index in [9.17, 15) is 9.50 Å². The third kappa shape index (κ3) is 2.80. The second-order valence-electron chi connectivity index (χ2n) is 3.93. The van der Waals surface area contributed by atoms with E-state index in [1.54, 1.807) is 6.92 Å². The van der Waals surface area contributed by atoms with Gasteiger partial charge in [0.15, 0.2) is 0 Å². The Morgan fingerprint density at radius 2 is 2.20 bits per heavy atom. The molecule has 0 fully saturated rings. The average Bonchev–Trinajstić information content (AvgIpc) is 2.09. The molecule has 2 nitrogen and oxygen atoms in total. The van der Waals surface area contributed by atoms with Crippen LogP contribution >= 0.6 is 0 Å². The van der Waals surface area contributed by atoms with E-state index in [0.29, 0.717) is 17.5 Å². The molecule has 1 atom stereocenters. The molecule has 3 heteroatoms. The van der Waals surface area contributed by atoms with Crippen LogP contribution in [0.5, 0.6) is 5.75 Å². The zero-order valence-corrected chi connectivity index (χ0v) is 9.05. The molecule has 0 aliphatic rings. The molecule has 0 bridgehead atoms. The SMILES string of the molecule is C=C(C)C[C@H](N)c1cc(F)cc(C)c1O.